The molecule has 2 aromatic carbocycles. The molecule has 0 amide bonds. The number of thioether (sulfide) groups is 1. The number of nitrogens with zero attached hydrogens (tertiary/aromatic N) is 2. The fraction of sp³-hybridized carbons (Fsp3) is 0.263. The number of carbonyl (C=O) groups is 1. The Hall–Kier alpha value is -2.41. The van der Waals surface area contributed by atoms with E-state index in [-0.39, 0.29) is 23.6 Å². The predicted molar refractivity (Wildman–Crippen MR) is 101 cm³/mol. The molecule has 2 aromatic rings. The van der Waals surface area contributed by atoms with Gasteiger partial charge in [-0.1, -0.05) is 42.1 Å². The Kier molecular flexibility index (Phi) is 6.22. The topological polar surface area (TPSA) is 41.9 Å². The molecule has 0 saturated heterocycles. The summed E-state index contributed by atoms with van der Waals surface area (Å²) in [4.78, 5) is 19.2. The number of aliphatic imine (C=N–C) groups is 1. The van der Waals surface area contributed by atoms with Crippen molar-refractivity contribution < 1.29 is 18.3 Å². The smallest absolute Gasteiger partial charge is 0.387 e. The molecule has 0 aromatic heterocycles. The lowest BCUT2D eigenvalue weighted by Crippen LogP contribution is -2.35. The number of ether oxygens (including phenoxy) is 1. The summed E-state index contributed by atoms with van der Waals surface area (Å²) in [5.41, 5.74) is 0.969. The molecule has 1 heterocycles. The van der Waals surface area contributed by atoms with Gasteiger partial charge in [0, 0.05) is 18.0 Å². The number of benzene rings is 2. The van der Waals surface area contributed by atoms with Gasteiger partial charge in [0.1, 0.15) is 5.75 Å². The lowest BCUT2D eigenvalue weighted by atomic mass is 10.1. The lowest BCUT2D eigenvalue weighted by molar-refractivity contribution is -0.0501. The van der Waals surface area contributed by atoms with Crippen LogP contribution in [0, 0.1) is 0 Å². The lowest BCUT2D eigenvalue weighted by Gasteiger charge is -2.27. The standard InChI is InChI=1S/C19H18F2N2O2S/c20-18(21)25-17-10-5-4-9-15(17)16(24)13-23(14-7-2-1-3-8-14)19-22-11-6-12-26-19/h1-5,7-10,18H,6,11-13H2. The molecule has 0 spiro atoms. The highest BCUT2D eigenvalue weighted by Crippen LogP contribution is 2.25. The molecule has 4 nitrogen and oxygen atoms in total. The monoisotopic (exact) mass is 376 g/mol. The van der Waals surface area contributed by atoms with E-state index in [2.05, 4.69) is 9.73 Å². The molecule has 0 fully saturated rings. The number of hydrogen-bond acceptors (Lipinski definition) is 5. The van der Waals surface area contributed by atoms with Crippen LogP contribution in [-0.2, 0) is 0 Å². The Labute approximate surface area is 154 Å². The fourth-order valence-electron chi connectivity index (χ4n) is 2.61. The van der Waals surface area contributed by atoms with E-state index in [0.29, 0.717) is 6.54 Å². The summed E-state index contributed by atoms with van der Waals surface area (Å²) in [6.07, 6.45) is 0.996. The number of carbonyl (C=O) groups excluding carboxylic acids is 1. The van der Waals surface area contributed by atoms with Crippen molar-refractivity contribution >= 4 is 28.4 Å². The van der Waals surface area contributed by atoms with Gasteiger partial charge >= 0.3 is 6.61 Å². The fourth-order valence-corrected chi connectivity index (χ4v) is 3.58. The van der Waals surface area contributed by atoms with Crippen LogP contribution >= 0.6 is 11.8 Å². The zero-order valence-corrected chi connectivity index (χ0v) is 14.8. The highest BCUT2D eigenvalue weighted by Gasteiger charge is 2.22. The van der Waals surface area contributed by atoms with Gasteiger partial charge in [-0.15, -0.1) is 0 Å². The van der Waals surface area contributed by atoms with Crippen molar-refractivity contribution in [2.45, 2.75) is 13.0 Å². The number of Topliss-reactive ketones (excluding diaryl/α,β-unsaturated/α-hetero) is 1. The first kappa shape index (κ1) is 18.4. The van der Waals surface area contributed by atoms with Gasteiger partial charge in [0.15, 0.2) is 11.0 Å². The Bertz CT molecular complexity index is 784. The molecule has 26 heavy (non-hydrogen) atoms. The molecule has 0 bridgehead atoms. The molecule has 136 valence electrons. The van der Waals surface area contributed by atoms with Crippen LogP contribution in [0.5, 0.6) is 5.75 Å². The van der Waals surface area contributed by atoms with Gasteiger partial charge in [0.05, 0.1) is 12.1 Å². The van der Waals surface area contributed by atoms with E-state index in [1.54, 1.807) is 23.9 Å². The summed E-state index contributed by atoms with van der Waals surface area (Å²) in [5, 5.41) is 0.767. The van der Waals surface area contributed by atoms with E-state index in [1.165, 1.54) is 12.1 Å². The van der Waals surface area contributed by atoms with Gasteiger partial charge in [-0.3, -0.25) is 9.79 Å². The number of rotatable bonds is 6. The second kappa shape index (κ2) is 8.80. The first-order chi connectivity index (χ1) is 12.6. The summed E-state index contributed by atoms with van der Waals surface area (Å²) in [6, 6.07) is 15.5. The van der Waals surface area contributed by atoms with E-state index >= 15 is 0 Å². The second-order valence-electron chi connectivity index (χ2n) is 5.59. The van der Waals surface area contributed by atoms with Crippen LogP contribution in [0.25, 0.3) is 0 Å². The van der Waals surface area contributed by atoms with Crippen LogP contribution in [0.2, 0.25) is 0 Å². The highest BCUT2D eigenvalue weighted by molar-refractivity contribution is 8.14. The molecule has 0 saturated carbocycles. The first-order valence-corrected chi connectivity index (χ1v) is 9.20. The summed E-state index contributed by atoms with van der Waals surface area (Å²) in [6.45, 7) is -2.27. The summed E-state index contributed by atoms with van der Waals surface area (Å²) in [7, 11) is 0. The Balaban J connectivity index is 1.88. The van der Waals surface area contributed by atoms with Crippen molar-refractivity contribution in [3.63, 3.8) is 0 Å². The number of ketones is 1. The zero-order valence-electron chi connectivity index (χ0n) is 14.0. The van der Waals surface area contributed by atoms with Crippen LogP contribution in [0.15, 0.2) is 59.6 Å². The SMILES string of the molecule is O=C(CN(C1=NCCCS1)c1ccccc1)c1ccccc1OC(F)F. The van der Waals surface area contributed by atoms with Crippen LogP contribution < -0.4 is 9.64 Å². The summed E-state index contributed by atoms with van der Waals surface area (Å²) >= 11 is 1.59. The number of para-hydroxylation sites is 2. The Morgan fingerprint density at radius 1 is 1.15 bits per heavy atom. The van der Waals surface area contributed by atoms with Crippen molar-refractivity contribution in [2.24, 2.45) is 4.99 Å². The number of alkyl halides is 2. The number of hydrogen-bond donors (Lipinski definition) is 0. The van der Waals surface area contributed by atoms with E-state index < -0.39 is 6.61 Å². The molecular formula is C19H18F2N2O2S. The molecule has 7 heteroatoms. The average Bonchev–Trinajstić information content (AvgIpc) is 2.67. The predicted octanol–water partition coefficient (Wildman–Crippen LogP) is 4.47. The minimum Gasteiger partial charge on any atom is -0.434 e. The van der Waals surface area contributed by atoms with Gasteiger partial charge in [0.25, 0.3) is 0 Å². The van der Waals surface area contributed by atoms with Crippen LogP contribution in [0.3, 0.4) is 0 Å². The number of amidine groups is 1. The van der Waals surface area contributed by atoms with Gasteiger partial charge in [0.2, 0.25) is 0 Å². The molecule has 3 rings (SSSR count). The number of halogens is 2. The van der Waals surface area contributed by atoms with E-state index in [1.807, 2.05) is 35.2 Å². The Morgan fingerprint density at radius 3 is 2.58 bits per heavy atom. The molecular weight excluding hydrogens is 358 g/mol. The maximum Gasteiger partial charge on any atom is 0.387 e. The molecule has 1 aliphatic rings. The molecule has 0 unspecified atom stereocenters. The summed E-state index contributed by atoms with van der Waals surface area (Å²) < 4.78 is 29.7. The third-order valence-corrected chi connectivity index (χ3v) is 4.89. The molecule has 0 aliphatic carbocycles. The maximum absolute atomic E-state index is 12.8. The highest BCUT2D eigenvalue weighted by atomic mass is 32.2. The summed E-state index contributed by atoms with van der Waals surface area (Å²) in [5.74, 6) is 0.513. The zero-order chi connectivity index (χ0) is 18.4. The largest absolute Gasteiger partial charge is 0.434 e. The van der Waals surface area contributed by atoms with Crippen molar-refractivity contribution in [1.82, 2.24) is 0 Å². The third kappa shape index (κ3) is 4.60. The number of anilines is 1. The molecule has 0 atom stereocenters. The maximum atomic E-state index is 12.8. The van der Waals surface area contributed by atoms with Crippen molar-refractivity contribution in [3.8, 4) is 5.75 Å². The van der Waals surface area contributed by atoms with E-state index in [9.17, 15) is 13.6 Å². The van der Waals surface area contributed by atoms with Gasteiger partial charge in [-0.2, -0.15) is 8.78 Å². The van der Waals surface area contributed by atoms with Crippen molar-refractivity contribution in [2.75, 3.05) is 23.7 Å². The normalized spacial score (nSPS) is 14.0. The average molecular weight is 376 g/mol. The van der Waals surface area contributed by atoms with Crippen LogP contribution in [-0.4, -0.2) is 36.4 Å². The first-order valence-electron chi connectivity index (χ1n) is 8.22. The Morgan fingerprint density at radius 2 is 1.88 bits per heavy atom. The van der Waals surface area contributed by atoms with E-state index in [0.717, 1.165) is 23.0 Å². The van der Waals surface area contributed by atoms with Gasteiger partial charge < -0.3 is 9.64 Å². The van der Waals surface area contributed by atoms with Gasteiger partial charge in [-0.05, 0) is 30.7 Å². The van der Waals surface area contributed by atoms with Crippen molar-refractivity contribution in [1.29, 1.82) is 0 Å². The quantitative estimate of drug-likeness (QED) is 0.698. The molecule has 0 N–H and O–H groups in total. The second-order valence-corrected chi connectivity index (χ2v) is 6.65. The van der Waals surface area contributed by atoms with Crippen LogP contribution in [0.4, 0.5) is 14.5 Å². The third-order valence-electron chi connectivity index (χ3n) is 3.78. The minimum absolute atomic E-state index is 0.000538. The molecule has 0 radical (unpaired) electrons. The van der Waals surface area contributed by atoms with Gasteiger partial charge in [-0.25, -0.2) is 0 Å². The minimum atomic E-state index is -2.98. The van der Waals surface area contributed by atoms with Crippen LogP contribution in [0.1, 0.15) is 16.8 Å². The molecule has 1 aliphatic heterocycles. The van der Waals surface area contributed by atoms with Crippen molar-refractivity contribution in [3.05, 3.63) is 60.2 Å². The van der Waals surface area contributed by atoms with E-state index in [4.69, 9.17) is 0 Å².